The average molecular weight is 199 g/mol. The van der Waals surface area contributed by atoms with Crippen LogP contribution >= 0.6 is 0 Å². The number of likely N-dealkylation sites (tertiary alicyclic amines) is 1. The van der Waals surface area contributed by atoms with E-state index in [0.29, 0.717) is 57.8 Å². The molecule has 2 aliphatic rings. The van der Waals surface area contributed by atoms with Gasteiger partial charge >= 0.3 is 0 Å². The van der Waals surface area contributed by atoms with E-state index in [9.17, 15) is 9.90 Å². The first-order chi connectivity index (χ1) is 6.71. The minimum Gasteiger partial charge on any atom is -0.381 e. The summed E-state index contributed by atoms with van der Waals surface area (Å²) in [6.07, 6.45) is 2.51. The zero-order valence-corrected chi connectivity index (χ0v) is 8.37. The number of nitrogens with zero attached hydrogens (tertiary/aromatic N) is 1. The quantitative estimate of drug-likeness (QED) is 0.653. The molecule has 0 bridgehead atoms. The van der Waals surface area contributed by atoms with Crippen LogP contribution < -0.4 is 0 Å². The number of Topliss-reactive ketones (excluding diaryl/α,β-unsaturated/α-hetero) is 1. The maximum atomic E-state index is 11.1. The molecule has 0 radical (unpaired) electrons. The largest absolute Gasteiger partial charge is 0.381 e. The van der Waals surface area contributed by atoms with Crippen LogP contribution in [-0.4, -0.2) is 47.8 Å². The van der Waals surface area contributed by atoms with Gasteiger partial charge in [0.05, 0.1) is 13.2 Å². The lowest BCUT2D eigenvalue weighted by atomic mass is 9.98. The molecule has 4 nitrogen and oxygen atoms in total. The SMILES string of the molecule is O=C1CCN(C2(O)CCOCC2)CC1. The number of piperidine rings is 1. The van der Waals surface area contributed by atoms with Gasteiger partial charge in [-0.15, -0.1) is 0 Å². The van der Waals surface area contributed by atoms with Gasteiger partial charge in [-0.2, -0.15) is 0 Å². The number of carbonyl (C=O) groups excluding carboxylic acids is 1. The number of ketones is 1. The van der Waals surface area contributed by atoms with Crippen molar-refractivity contribution in [2.45, 2.75) is 31.4 Å². The highest BCUT2D eigenvalue weighted by Gasteiger charge is 2.37. The molecule has 2 saturated heterocycles. The summed E-state index contributed by atoms with van der Waals surface area (Å²) in [7, 11) is 0. The van der Waals surface area contributed by atoms with Crippen molar-refractivity contribution in [3.8, 4) is 0 Å². The highest BCUT2D eigenvalue weighted by atomic mass is 16.5. The van der Waals surface area contributed by atoms with Gasteiger partial charge in [0.2, 0.25) is 0 Å². The Labute approximate surface area is 83.8 Å². The highest BCUT2D eigenvalue weighted by molar-refractivity contribution is 5.79. The van der Waals surface area contributed by atoms with Gasteiger partial charge in [0.1, 0.15) is 11.5 Å². The fraction of sp³-hybridized carbons (Fsp3) is 0.900. The molecular weight excluding hydrogens is 182 g/mol. The summed E-state index contributed by atoms with van der Waals surface area (Å²) in [5, 5.41) is 10.3. The number of hydrogen-bond donors (Lipinski definition) is 1. The lowest BCUT2D eigenvalue weighted by Crippen LogP contribution is -2.54. The second kappa shape index (κ2) is 3.96. The van der Waals surface area contributed by atoms with Crippen LogP contribution in [0.5, 0.6) is 0 Å². The molecule has 0 aromatic heterocycles. The van der Waals surface area contributed by atoms with Crippen LogP contribution in [0.1, 0.15) is 25.7 Å². The standard InChI is InChI=1S/C10H17NO3/c12-9-1-5-11(6-2-9)10(13)3-7-14-8-4-10/h13H,1-8H2. The van der Waals surface area contributed by atoms with Crippen molar-refractivity contribution in [1.29, 1.82) is 0 Å². The first kappa shape index (κ1) is 10.1. The van der Waals surface area contributed by atoms with Crippen molar-refractivity contribution in [1.82, 2.24) is 4.90 Å². The Morgan fingerprint density at radius 3 is 2.36 bits per heavy atom. The summed E-state index contributed by atoms with van der Waals surface area (Å²) in [5.41, 5.74) is -0.709. The molecule has 0 aromatic carbocycles. The fourth-order valence-electron chi connectivity index (χ4n) is 2.19. The van der Waals surface area contributed by atoms with Gasteiger partial charge in [-0.3, -0.25) is 9.69 Å². The first-order valence-corrected chi connectivity index (χ1v) is 5.28. The van der Waals surface area contributed by atoms with Gasteiger partial charge in [-0.1, -0.05) is 0 Å². The van der Waals surface area contributed by atoms with Crippen molar-refractivity contribution in [3.05, 3.63) is 0 Å². The van der Waals surface area contributed by atoms with E-state index < -0.39 is 5.72 Å². The number of hydrogen-bond acceptors (Lipinski definition) is 4. The molecule has 0 spiro atoms. The van der Waals surface area contributed by atoms with Crippen molar-refractivity contribution >= 4 is 5.78 Å². The van der Waals surface area contributed by atoms with Crippen LogP contribution in [0, 0.1) is 0 Å². The maximum absolute atomic E-state index is 11.1. The van der Waals surface area contributed by atoms with Crippen molar-refractivity contribution < 1.29 is 14.6 Å². The Morgan fingerprint density at radius 1 is 1.21 bits per heavy atom. The third kappa shape index (κ3) is 1.97. The van der Waals surface area contributed by atoms with E-state index in [1.54, 1.807) is 0 Å². The van der Waals surface area contributed by atoms with E-state index in [-0.39, 0.29) is 0 Å². The summed E-state index contributed by atoms with van der Waals surface area (Å²) in [5.74, 6) is 0.317. The lowest BCUT2D eigenvalue weighted by molar-refractivity contribution is -0.170. The summed E-state index contributed by atoms with van der Waals surface area (Å²) in [4.78, 5) is 13.1. The Hall–Kier alpha value is -0.450. The minimum absolute atomic E-state index is 0.317. The van der Waals surface area contributed by atoms with Crippen LogP contribution in [0.4, 0.5) is 0 Å². The summed E-state index contributed by atoms with van der Waals surface area (Å²) < 4.78 is 5.22. The molecule has 0 aliphatic carbocycles. The second-order valence-electron chi connectivity index (χ2n) is 4.12. The Morgan fingerprint density at radius 2 is 1.79 bits per heavy atom. The predicted octanol–water partition coefficient (Wildman–Crippen LogP) is 0.150. The zero-order valence-electron chi connectivity index (χ0n) is 8.37. The Bertz CT molecular complexity index is 213. The number of aliphatic hydroxyl groups is 1. The normalized spacial score (nSPS) is 29.1. The molecule has 0 unspecified atom stereocenters. The summed E-state index contributed by atoms with van der Waals surface area (Å²) in [6.45, 7) is 2.66. The fourth-order valence-corrected chi connectivity index (χ4v) is 2.19. The molecule has 0 atom stereocenters. The lowest BCUT2D eigenvalue weighted by Gasteiger charge is -2.43. The molecule has 0 aromatic rings. The molecule has 2 fully saturated rings. The van der Waals surface area contributed by atoms with E-state index in [4.69, 9.17) is 4.74 Å². The molecule has 80 valence electrons. The molecule has 4 heteroatoms. The number of carbonyl (C=O) groups is 1. The van der Waals surface area contributed by atoms with Crippen molar-refractivity contribution in [2.75, 3.05) is 26.3 Å². The van der Waals surface area contributed by atoms with E-state index in [0.717, 1.165) is 0 Å². The summed E-state index contributed by atoms with van der Waals surface area (Å²) in [6, 6.07) is 0. The molecule has 2 rings (SSSR count). The molecular formula is C10H17NO3. The molecule has 2 heterocycles. The molecule has 14 heavy (non-hydrogen) atoms. The van der Waals surface area contributed by atoms with Gasteiger partial charge in [-0.25, -0.2) is 0 Å². The monoisotopic (exact) mass is 199 g/mol. The molecule has 1 N–H and O–H groups in total. The van der Waals surface area contributed by atoms with Crippen molar-refractivity contribution in [3.63, 3.8) is 0 Å². The predicted molar refractivity (Wildman–Crippen MR) is 50.8 cm³/mol. The minimum atomic E-state index is -0.709. The van der Waals surface area contributed by atoms with Crippen LogP contribution in [0.15, 0.2) is 0 Å². The van der Waals surface area contributed by atoms with Crippen LogP contribution in [0.3, 0.4) is 0 Å². The number of rotatable bonds is 1. The smallest absolute Gasteiger partial charge is 0.135 e. The van der Waals surface area contributed by atoms with Gasteiger partial charge in [0.25, 0.3) is 0 Å². The second-order valence-corrected chi connectivity index (χ2v) is 4.12. The van der Waals surface area contributed by atoms with E-state index in [1.807, 2.05) is 4.90 Å². The Kier molecular flexibility index (Phi) is 2.85. The molecule has 0 saturated carbocycles. The van der Waals surface area contributed by atoms with Crippen molar-refractivity contribution in [2.24, 2.45) is 0 Å². The van der Waals surface area contributed by atoms with E-state index in [2.05, 4.69) is 0 Å². The van der Waals surface area contributed by atoms with Crippen LogP contribution in [-0.2, 0) is 9.53 Å². The first-order valence-electron chi connectivity index (χ1n) is 5.28. The molecule has 0 amide bonds. The number of ether oxygens (including phenoxy) is 1. The van der Waals surface area contributed by atoms with Gasteiger partial charge < -0.3 is 9.84 Å². The third-order valence-electron chi connectivity index (χ3n) is 3.20. The van der Waals surface area contributed by atoms with Crippen LogP contribution in [0.25, 0.3) is 0 Å². The molecule has 2 aliphatic heterocycles. The topological polar surface area (TPSA) is 49.8 Å². The van der Waals surface area contributed by atoms with Gasteiger partial charge in [-0.05, 0) is 0 Å². The highest BCUT2D eigenvalue weighted by Crippen LogP contribution is 2.27. The van der Waals surface area contributed by atoms with E-state index in [1.165, 1.54) is 0 Å². The average Bonchev–Trinajstić information content (AvgIpc) is 2.19. The summed E-state index contributed by atoms with van der Waals surface area (Å²) >= 11 is 0. The Balaban J connectivity index is 1.95. The third-order valence-corrected chi connectivity index (χ3v) is 3.20. The van der Waals surface area contributed by atoms with Gasteiger partial charge in [0, 0.05) is 38.8 Å². The van der Waals surface area contributed by atoms with Gasteiger partial charge in [0.15, 0.2) is 0 Å². The van der Waals surface area contributed by atoms with Crippen LogP contribution in [0.2, 0.25) is 0 Å². The maximum Gasteiger partial charge on any atom is 0.135 e. The zero-order chi connectivity index (χ0) is 10.0. The van der Waals surface area contributed by atoms with E-state index >= 15 is 0 Å².